The van der Waals surface area contributed by atoms with Gasteiger partial charge >= 0.3 is 39.5 Å². The van der Waals surface area contributed by atoms with E-state index >= 15 is 0 Å². The zero-order valence-electron chi connectivity index (χ0n) is 63.7. The lowest BCUT2D eigenvalue weighted by molar-refractivity contribution is -0.161. The molecule has 0 spiro atoms. The molecule has 6 atom stereocenters. The lowest BCUT2D eigenvalue weighted by atomic mass is 9.99. The molecule has 0 saturated heterocycles. The van der Waals surface area contributed by atoms with Crippen molar-refractivity contribution < 1.29 is 80.2 Å². The molecule has 17 nitrogen and oxygen atoms in total. The van der Waals surface area contributed by atoms with Gasteiger partial charge < -0.3 is 33.8 Å². The van der Waals surface area contributed by atoms with Crippen LogP contribution in [-0.2, 0) is 65.4 Å². The molecule has 0 rings (SSSR count). The number of carbonyl (C=O) groups excluding carboxylic acids is 4. The van der Waals surface area contributed by atoms with Gasteiger partial charge in [-0.2, -0.15) is 0 Å². The molecule has 0 aliphatic rings. The van der Waals surface area contributed by atoms with Crippen LogP contribution in [0.25, 0.3) is 0 Å². The van der Waals surface area contributed by atoms with Gasteiger partial charge in [-0.15, -0.1) is 0 Å². The van der Waals surface area contributed by atoms with Gasteiger partial charge in [0.2, 0.25) is 0 Å². The molecule has 0 aromatic heterocycles. The number of phosphoric ester groups is 2. The van der Waals surface area contributed by atoms with Gasteiger partial charge in [0.05, 0.1) is 26.4 Å². The second-order valence-corrected chi connectivity index (χ2v) is 32.7. The fourth-order valence-corrected chi connectivity index (χ4v) is 13.5. The van der Waals surface area contributed by atoms with Crippen LogP contribution < -0.4 is 0 Å². The van der Waals surface area contributed by atoms with Crippen molar-refractivity contribution in [2.24, 2.45) is 23.7 Å². The summed E-state index contributed by atoms with van der Waals surface area (Å²) in [7, 11) is -9.92. The summed E-state index contributed by atoms with van der Waals surface area (Å²) in [6.07, 6.45) is 52.8. The maximum atomic E-state index is 13.1. The van der Waals surface area contributed by atoms with Crippen LogP contribution >= 0.6 is 15.6 Å². The second kappa shape index (κ2) is 67.2. The highest BCUT2D eigenvalue weighted by Gasteiger charge is 2.30. The molecule has 19 heteroatoms. The largest absolute Gasteiger partial charge is 0.472 e. The first-order valence-electron chi connectivity index (χ1n) is 40.2. The van der Waals surface area contributed by atoms with E-state index in [0.29, 0.717) is 31.6 Å². The molecule has 0 aliphatic heterocycles. The van der Waals surface area contributed by atoms with E-state index in [2.05, 4.69) is 55.4 Å². The van der Waals surface area contributed by atoms with Crippen molar-refractivity contribution in [2.45, 2.75) is 414 Å². The Bertz CT molecular complexity index is 1900. The van der Waals surface area contributed by atoms with Crippen molar-refractivity contribution in [3.8, 4) is 0 Å². The normalized spacial score (nSPS) is 14.4. The van der Waals surface area contributed by atoms with Crippen LogP contribution in [-0.4, -0.2) is 96.7 Å². The summed E-state index contributed by atoms with van der Waals surface area (Å²) in [6, 6.07) is 0. The Morgan fingerprint density at radius 2 is 0.495 bits per heavy atom. The molecule has 0 radical (unpaired) electrons. The lowest BCUT2D eigenvalue weighted by Crippen LogP contribution is -2.30. The highest BCUT2D eigenvalue weighted by atomic mass is 31.2. The third kappa shape index (κ3) is 70.9. The number of carbonyl (C=O) groups is 4. The predicted molar refractivity (Wildman–Crippen MR) is 395 cm³/mol. The number of rotatable bonds is 75. The first kappa shape index (κ1) is 95.1. The Morgan fingerprint density at radius 1 is 0.289 bits per heavy atom. The quantitative estimate of drug-likeness (QED) is 0.0222. The molecule has 3 N–H and O–H groups in total. The number of aliphatic hydroxyl groups is 1. The van der Waals surface area contributed by atoms with Crippen molar-refractivity contribution in [3.05, 3.63) is 0 Å². The summed E-state index contributed by atoms with van der Waals surface area (Å²) < 4.78 is 68.6. The maximum Gasteiger partial charge on any atom is 0.472 e. The minimum Gasteiger partial charge on any atom is -0.462 e. The average Bonchev–Trinajstić information content (AvgIpc) is 1.06. The molecule has 0 aromatic rings. The number of esters is 4. The van der Waals surface area contributed by atoms with Gasteiger partial charge in [0, 0.05) is 25.7 Å². The highest BCUT2D eigenvalue weighted by Crippen LogP contribution is 2.45. The summed E-state index contributed by atoms with van der Waals surface area (Å²) in [4.78, 5) is 72.9. The summed E-state index contributed by atoms with van der Waals surface area (Å²) in [5.41, 5.74) is 0. The molecule has 0 aliphatic carbocycles. The third-order valence-electron chi connectivity index (χ3n) is 18.4. The number of hydrogen-bond acceptors (Lipinski definition) is 15. The van der Waals surface area contributed by atoms with Crippen molar-refractivity contribution in [1.82, 2.24) is 0 Å². The SMILES string of the molecule is CCC(C)CCCCCCCCCCCCCCCCC(=O)OC[C@H](COP(=O)(O)OCC(O)COP(=O)(O)OC[C@@H](COC(=O)CCCCCCCCCC(C)C)OC(=O)CCCCCCCCCCCCCCCCCC(C)C)OC(=O)CCCCCCCCCCC(C)C. The first-order valence-corrected chi connectivity index (χ1v) is 43.2. The van der Waals surface area contributed by atoms with Gasteiger partial charge in [-0.05, 0) is 49.4 Å². The smallest absolute Gasteiger partial charge is 0.462 e. The molecule has 4 unspecified atom stereocenters. The van der Waals surface area contributed by atoms with Crippen LogP contribution in [0.1, 0.15) is 396 Å². The monoisotopic (exact) mass is 1420 g/mol. The minimum absolute atomic E-state index is 0.104. The van der Waals surface area contributed by atoms with Crippen molar-refractivity contribution in [3.63, 3.8) is 0 Å². The Balaban J connectivity index is 5.19. The summed E-state index contributed by atoms with van der Waals surface area (Å²) in [6.45, 7) is 14.2. The van der Waals surface area contributed by atoms with Gasteiger partial charge in [-0.25, -0.2) is 9.13 Å². The lowest BCUT2D eigenvalue weighted by Gasteiger charge is -2.21. The van der Waals surface area contributed by atoms with E-state index in [-0.39, 0.29) is 25.7 Å². The molecule has 97 heavy (non-hydrogen) atoms. The van der Waals surface area contributed by atoms with Crippen molar-refractivity contribution in [1.29, 1.82) is 0 Å². The summed E-state index contributed by atoms with van der Waals surface area (Å²) >= 11 is 0. The molecule has 0 amide bonds. The Morgan fingerprint density at radius 3 is 0.732 bits per heavy atom. The predicted octanol–water partition coefficient (Wildman–Crippen LogP) is 22.8. The summed E-state index contributed by atoms with van der Waals surface area (Å²) in [5, 5.41) is 10.6. The molecule has 0 bridgehead atoms. The zero-order chi connectivity index (χ0) is 71.7. The average molecular weight is 1420 g/mol. The van der Waals surface area contributed by atoms with E-state index in [4.69, 9.17) is 37.0 Å². The Hall–Kier alpha value is -1.94. The standard InChI is InChI=1S/C78H152O17P2/c1-9-71(8)57-49-41-33-24-20-16-13-14-17-21-25-34-42-50-58-75(80)88-64-73(95-78(83)61-53-45-36-28-27-31-39-47-55-69(4)5)66-92-96(84,85)90-62-72(79)63-91-97(86,87)93-67-74(65-89-76(81)59-51-43-37-29-32-40-48-56-70(6)7)94-77(82)60-52-44-35-26-22-18-12-10-11-15-19-23-30-38-46-54-68(2)3/h68-74,79H,9-67H2,1-8H3,(H,84,85)(H,86,87)/t71?,72?,73-,74-/m1/s1. The van der Waals surface area contributed by atoms with E-state index in [0.717, 1.165) is 114 Å². The van der Waals surface area contributed by atoms with E-state index in [9.17, 15) is 43.2 Å². The van der Waals surface area contributed by atoms with Gasteiger partial charge in [-0.1, -0.05) is 344 Å². The van der Waals surface area contributed by atoms with Crippen LogP contribution in [0, 0.1) is 23.7 Å². The fraction of sp³-hybridized carbons (Fsp3) is 0.949. The van der Waals surface area contributed by atoms with Crippen molar-refractivity contribution in [2.75, 3.05) is 39.6 Å². The zero-order valence-corrected chi connectivity index (χ0v) is 65.5. The number of hydrogen-bond donors (Lipinski definition) is 3. The van der Waals surface area contributed by atoms with Gasteiger partial charge in [-0.3, -0.25) is 37.3 Å². The van der Waals surface area contributed by atoms with Gasteiger partial charge in [0.25, 0.3) is 0 Å². The topological polar surface area (TPSA) is 237 Å². The molecule has 0 fully saturated rings. The van der Waals surface area contributed by atoms with Crippen LogP contribution in [0.2, 0.25) is 0 Å². The van der Waals surface area contributed by atoms with Crippen LogP contribution in [0.5, 0.6) is 0 Å². The second-order valence-electron chi connectivity index (χ2n) is 29.8. The van der Waals surface area contributed by atoms with E-state index in [1.807, 2.05) is 0 Å². The number of ether oxygens (including phenoxy) is 4. The van der Waals surface area contributed by atoms with E-state index < -0.39 is 97.5 Å². The van der Waals surface area contributed by atoms with Crippen LogP contribution in [0.4, 0.5) is 0 Å². The molecular weight excluding hydrogens is 1270 g/mol. The van der Waals surface area contributed by atoms with Gasteiger partial charge in [0.1, 0.15) is 19.3 Å². The Kier molecular flexibility index (Phi) is 65.9. The van der Waals surface area contributed by atoms with E-state index in [1.165, 1.54) is 193 Å². The first-order chi connectivity index (χ1) is 46.6. The number of aliphatic hydroxyl groups excluding tert-OH is 1. The van der Waals surface area contributed by atoms with Crippen LogP contribution in [0.3, 0.4) is 0 Å². The number of phosphoric acid groups is 2. The van der Waals surface area contributed by atoms with Gasteiger partial charge in [0.15, 0.2) is 12.2 Å². The summed E-state index contributed by atoms with van der Waals surface area (Å²) in [5.74, 6) is 0.955. The van der Waals surface area contributed by atoms with E-state index in [1.54, 1.807) is 0 Å². The molecular formula is C78H152O17P2. The maximum absolute atomic E-state index is 13.1. The molecule has 0 saturated carbocycles. The minimum atomic E-state index is -4.96. The Labute approximate surface area is 594 Å². The van der Waals surface area contributed by atoms with Crippen molar-refractivity contribution >= 4 is 39.5 Å². The molecule has 576 valence electrons. The highest BCUT2D eigenvalue weighted by molar-refractivity contribution is 7.47. The number of unbranched alkanes of at least 4 members (excludes halogenated alkanes) is 40. The molecule has 0 aromatic carbocycles. The molecule has 0 heterocycles. The third-order valence-corrected chi connectivity index (χ3v) is 20.3. The van der Waals surface area contributed by atoms with Crippen LogP contribution in [0.15, 0.2) is 0 Å². The fourth-order valence-electron chi connectivity index (χ4n) is 11.9.